The van der Waals surface area contributed by atoms with Crippen LogP contribution in [0.5, 0.6) is 0 Å². The molecule has 0 saturated carbocycles. The highest BCUT2D eigenvalue weighted by Gasteiger charge is 2.47. The van der Waals surface area contributed by atoms with E-state index in [-0.39, 0.29) is 0 Å². The highest BCUT2D eigenvalue weighted by Crippen LogP contribution is 2.35. The average Bonchev–Trinajstić information content (AvgIpc) is 2.18. The van der Waals surface area contributed by atoms with E-state index in [2.05, 4.69) is 25.7 Å². The smallest absolute Gasteiger partial charge is 0.0850 e. The number of nitrogens with two attached hydrogens (primary N) is 1. The van der Waals surface area contributed by atoms with Crippen LogP contribution in [-0.4, -0.2) is 40.8 Å². The molecule has 0 spiro atoms. The van der Waals surface area contributed by atoms with Gasteiger partial charge in [0.2, 0.25) is 0 Å². The second-order valence-corrected chi connectivity index (χ2v) is 5.40. The van der Waals surface area contributed by atoms with Crippen LogP contribution in [0.25, 0.3) is 0 Å². The summed E-state index contributed by atoms with van der Waals surface area (Å²) in [6.45, 7) is 11.3. The van der Waals surface area contributed by atoms with Crippen molar-refractivity contribution in [2.75, 3.05) is 19.6 Å². The molecule has 0 amide bonds. The molecule has 1 rings (SSSR count). The van der Waals surface area contributed by atoms with E-state index in [1.54, 1.807) is 0 Å². The van der Waals surface area contributed by atoms with Crippen LogP contribution in [0.3, 0.4) is 0 Å². The predicted octanol–water partition coefficient (Wildman–Crippen LogP) is 1.21. The van der Waals surface area contributed by atoms with Crippen molar-refractivity contribution in [3.05, 3.63) is 0 Å². The second kappa shape index (κ2) is 4.40. The second-order valence-electron chi connectivity index (χ2n) is 5.40. The molecule has 90 valence electrons. The fourth-order valence-electron chi connectivity index (χ4n) is 2.32. The number of hydrogen-bond acceptors (Lipinski definition) is 3. The summed E-state index contributed by atoms with van der Waals surface area (Å²) in [4.78, 5) is 2.37. The molecular weight excluding hydrogens is 188 g/mol. The van der Waals surface area contributed by atoms with Crippen molar-refractivity contribution < 1.29 is 5.11 Å². The summed E-state index contributed by atoms with van der Waals surface area (Å²) in [6.07, 6.45) is 1.60. The van der Waals surface area contributed by atoms with Crippen LogP contribution >= 0.6 is 0 Å². The van der Waals surface area contributed by atoms with Crippen LogP contribution in [-0.2, 0) is 0 Å². The molecule has 0 aliphatic carbocycles. The molecule has 0 bridgehead atoms. The molecule has 1 fully saturated rings. The standard InChI is InChI=1S/C12H26N2O/c1-5-14-8-6-12(15,7-9-14)11(4,13)10(2)3/h10,15H,5-9,13H2,1-4H3. The van der Waals surface area contributed by atoms with Crippen LogP contribution < -0.4 is 5.73 Å². The van der Waals surface area contributed by atoms with Crippen LogP contribution in [0.4, 0.5) is 0 Å². The first kappa shape index (κ1) is 12.9. The molecule has 0 aromatic rings. The first-order chi connectivity index (χ1) is 6.83. The monoisotopic (exact) mass is 214 g/mol. The van der Waals surface area contributed by atoms with Gasteiger partial charge in [-0.1, -0.05) is 20.8 Å². The lowest BCUT2D eigenvalue weighted by atomic mass is 9.69. The summed E-state index contributed by atoms with van der Waals surface area (Å²) in [5.41, 5.74) is 5.12. The van der Waals surface area contributed by atoms with Gasteiger partial charge in [-0.2, -0.15) is 0 Å². The van der Waals surface area contributed by atoms with E-state index in [1.165, 1.54) is 0 Å². The lowest BCUT2D eigenvalue weighted by Crippen LogP contribution is -2.65. The molecule has 0 radical (unpaired) electrons. The highest BCUT2D eigenvalue weighted by atomic mass is 16.3. The molecular formula is C12H26N2O. The third-order valence-corrected chi connectivity index (χ3v) is 4.33. The van der Waals surface area contributed by atoms with Gasteiger partial charge in [0.05, 0.1) is 5.60 Å². The van der Waals surface area contributed by atoms with Gasteiger partial charge < -0.3 is 15.7 Å². The Balaban J connectivity index is 2.69. The van der Waals surface area contributed by atoms with Crippen molar-refractivity contribution in [2.45, 2.75) is 51.7 Å². The number of nitrogens with zero attached hydrogens (tertiary/aromatic N) is 1. The summed E-state index contributed by atoms with van der Waals surface area (Å²) in [5, 5.41) is 10.6. The van der Waals surface area contributed by atoms with E-state index in [0.717, 1.165) is 32.5 Å². The molecule has 1 saturated heterocycles. The number of aliphatic hydroxyl groups is 1. The van der Waals surface area contributed by atoms with Gasteiger partial charge in [0.1, 0.15) is 0 Å². The maximum atomic E-state index is 10.6. The minimum atomic E-state index is -0.688. The fraction of sp³-hybridized carbons (Fsp3) is 1.00. The summed E-state index contributed by atoms with van der Waals surface area (Å²) in [7, 11) is 0. The zero-order valence-electron chi connectivity index (χ0n) is 10.6. The molecule has 1 aliphatic heterocycles. The predicted molar refractivity (Wildman–Crippen MR) is 63.7 cm³/mol. The van der Waals surface area contributed by atoms with Crippen molar-refractivity contribution in [2.24, 2.45) is 11.7 Å². The van der Waals surface area contributed by atoms with Crippen LogP contribution in [0.1, 0.15) is 40.5 Å². The van der Waals surface area contributed by atoms with Crippen molar-refractivity contribution >= 4 is 0 Å². The molecule has 0 aromatic carbocycles. The highest BCUT2D eigenvalue weighted by molar-refractivity contribution is 5.04. The zero-order valence-corrected chi connectivity index (χ0v) is 10.6. The lowest BCUT2D eigenvalue weighted by molar-refractivity contribution is -0.0886. The van der Waals surface area contributed by atoms with E-state index >= 15 is 0 Å². The lowest BCUT2D eigenvalue weighted by Gasteiger charge is -2.49. The van der Waals surface area contributed by atoms with Gasteiger partial charge in [-0.15, -0.1) is 0 Å². The summed E-state index contributed by atoms with van der Waals surface area (Å²) < 4.78 is 0. The van der Waals surface area contributed by atoms with E-state index in [4.69, 9.17) is 5.73 Å². The van der Waals surface area contributed by atoms with Gasteiger partial charge in [0.25, 0.3) is 0 Å². The molecule has 1 atom stereocenters. The molecule has 1 heterocycles. The van der Waals surface area contributed by atoms with E-state index in [1.807, 2.05) is 6.92 Å². The van der Waals surface area contributed by atoms with Gasteiger partial charge in [0.15, 0.2) is 0 Å². The largest absolute Gasteiger partial charge is 0.388 e. The van der Waals surface area contributed by atoms with E-state index in [9.17, 15) is 5.11 Å². The van der Waals surface area contributed by atoms with Crippen LogP contribution in [0, 0.1) is 5.92 Å². The summed E-state index contributed by atoms with van der Waals surface area (Å²) in [6, 6.07) is 0. The molecule has 3 N–H and O–H groups in total. The van der Waals surface area contributed by atoms with Crippen molar-refractivity contribution in [1.29, 1.82) is 0 Å². The van der Waals surface area contributed by atoms with E-state index < -0.39 is 11.1 Å². The van der Waals surface area contributed by atoms with Gasteiger partial charge in [-0.3, -0.25) is 0 Å². The Morgan fingerprint density at radius 1 is 1.40 bits per heavy atom. The quantitative estimate of drug-likeness (QED) is 0.742. The Labute approximate surface area is 93.6 Å². The Kier molecular flexibility index (Phi) is 3.80. The van der Waals surface area contributed by atoms with Gasteiger partial charge in [-0.05, 0) is 32.2 Å². The number of hydrogen-bond donors (Lipinski definition) is 2. The van der Waals surface area contributed by atoms with Gasteiger partial charge >= 0.3 is 0 Å². The van der Waals surface area contributed by atoms with Gasteiger partial charge in [0, 0.05) is 18.6 Å². The summed E-state index contributed by atoms with van der Waals surface area (Å²) >= 11 is 0. The summed E-state index contributed by atoms with van der Waals surface area (Å²) in [5.74, 6) is 0.302. The molecule has 1 aliphatic rings. The minimum absolute atomic E-state index is 0.302. The number of likely N-dealkylation sites (tertiary alicyclic amines) is 1. The van der Waals surface area contributed by atoms with Crippen molar-refractivity contribution in [3.8, 4) is 0 Å². The first-order valence-electron chi connectivity index (χ1n) is 6.07. The Morgan fingerprint density at radius 3 is 2.20 bits per heavy atom. The average molecular weight is 214 g/mol. The van der Waals surface area contributed by atoms with Gasteiger partial charge in [-0.25, -0.2) is 0 Å². The van der Waals surface area contributed by atoms with Crippen LogP contribution in [0.2, 0.25) is 0 Å². The Morgan fingerprint density at radius 2 is 1.87 bits per heavy atom. The Hall–Kier alpha value is -0.120. The molecule has 0 aromatic heterocycles. The fourth-order valence-corrected chi connectivity index (χ4v) is 2.32. The normalized spacial score (nSPS) is 26.6. The maximum Gasteiger partial charge on any atom is 0.0850 e. The maximum absolute atomic E-state index is 10.6. The topological polar surface area (TPSA) is 49.5 Å². The Bertz CT molecular complexity index is 206. The van der Waals surface area contributed by atoms with Crippen molar-refractivity contribution in [1.82, 2.24) is 4.90 Å². The zero-order chi connectivity index (χ0) is 11.7. The molecule has 3 heteroatoms. The number of piperidine rings is 1. The third kappa shape index (κ3) is 2.35. The van der Waals surface area contributed by atoms with Crippen LogP contribution in [0.15, 0.2) is 0 Å². The molecule has 3 nitrogen and oxygen atoms in total. The molecule has 15 heavy (non-hydrogen) atoms. The van der Waals surface area contributed by atoms with E-state index in [0.29, 0.717) is 5.92 Å². The minimum Gasteiger partial charge on any atom is -0.388 e. The SMILES string of the molecule is CCN1CCC(O)(C(C)(N)C(C)C)CC1. The molecule has 1 unspecified atom stereocenters. The first-order valence-corrected chi connectivity index (χ1v) is 6.07. The third-order valence-electron chi connectivity index (χ3n) is 4.33. The van der Waals surface area contributed by atoms with Crippen molar-refractivity contribution in [3.63, 3.8) is 0 Å². The number of rotatable bonds is 3.